The maximum absolute atomic E-state index is 16.1. The molecule has 9 nitrogen and oxygen atoms in total. The van der Waals surface area contributed by atoms with Gasteiger partial charge in [0.1, 0.15) is 11.5 Å². The van der Waals surface area contributed by atoms with Crippen molar-refractivity contribution in [3.8, 4) is 33.1 Å². The van der Waals surface area contributed by atoms with Gasteiger partial charge in [-0.25, -0.2) is 19.3 Å². The van der Waals surface area contributed by atoms with E-state index in [1.807, 2.05) is 36.4 Å². The van der Waals surface area contributed by atoms with E-state index in [-0.39, 0.29) is 16.6 Å². The van der Waals surface area contributed by atoms with Crippen molar-refractivity contribution in [3.05, 3.63) is 95.6 Å². The molecule has 0 radical (unpaired) electrons. The molecule has 1 aromatic carbocycles. The standard InChI is InChI=1S/C29H21FN8OS/c1-15-7-8-21(40-15)19-9-10-32-27-24(19)35-28(36-27)25-22-23(30)20(14-33-26(22)38-37-25)17-11-18(13-31-12-17)34-29(39)16-5-3-2-4-6-16/h2-14,29,34,39H,1H3,(H,32,35,36)(H,33,37,38). The SMILES string of the molecule is Cc1ccc(-c2ccnc3nc(-c4[nH]nc5ncc(-c6cncc(NC(O)c7ccccc7)c6)c(F)c45)[nH]c23)s1. The van der Waals surface area contributed by atoms with Gasteiger partial charge in [0, 0.05) is 50.6 Å². The van der Waals surface area contributed by atoms with Crippen LogP contribution in [0.4, 0.5) is 10.1 Å². The predicted octanol–water partition coefficient (Wildman–Crippen LogP) is 6.24. The van der Waals surface area contributed by atoms with E-state index >= 15 is 4.39 Å². The summed E-state index contributed by atoms with van der Waals surface area (Å²) >= 11 is 1.68. The van der Waals surface area contributed by atoms with Gasteiger partial charge in [-0.05, 0) is 31.2 Å². The highest BCUT2D eigenvalue weighted by atomic mass is 32.1. The summed E-state index contributed by atoms with van der Waals surface area (Å²) < 4.78 is 16.1. The number of anilines is 1. The van der Waals surface area contributed by atoms with Crippen LogP contribution in [0.1, 0.15) is 16.7 Å². The number of hydrogen-bond acceptors (Lipinski definition) is 8. The van der Waals surface area contributed by atoms with Gasteiger partial charge in [0.15, 0.2) is 23.3 Å². The van der Waals surface area contributed by atoms with Crippen LogP contribution in [0.25, 0.3) is 55.3 Å². The van der Waals surface area contributed by atoms with Crippen molar-refractivity contribution < 1.29 is 9.50 Å². The Hall–Kier alpha value is -5.00. The summed E-state index contributed by atoms with van der Waals surface area (Å²) in [5, 5.41) is 20.9. The summed E-state index contributed by atoms with van der Waals surface area (Å²) in [6.07, 6.45) is 5.30. The largest absolute Gasteiger partial charge is 0.369 e. The van der Waals surface area contributed by atoms with Crippen LogP contribution in [0.3, 0.4) is 0 Å². The van der Waals surface area contributed by atoms with Crippen LogP contribution < -0.4 is 5.32 Å². The van der Waals surface area contributed by atoms with Crippen LogP contribution in [0.5, 0.6) is 0 Å². The molecule has 40 heavy (non-hydrogen) atoms. The molecule has 196 valence electrons. The minimum atomic E-state index is -0.950. The van der Waals surface area contributed by atoms with Crippen molar-refractivity contribution in [3.63, 3.8) is 0 Å². The first-order valence-electron chi connectivity index (χ1n) is 12.4. The van der Waals surface area contributed by atoms with Crippen molar-refractivity contribution in [1.29, 1.82) is 0 Å². The number of fused-ring (bicyclic) bond motifs is 2. The Morgan fingerprint density at radius 2 is 1.85 bits per heavy atom. The first-order valence-corrected chi connectivity index (χ1v) is 13.3. The molecule has 0 bridgehead atoms. The number of aromatic amines is 2. The summed E-state index contributed by atoms with van der Waals surface area (Å²) in [7, 11) is 0. The molecule has 4 N–H and O–H groups in total. The second-order valence-corrected chi connectivity index (χ2v) is 10.5. The third-order valence-electron chi connectivity index (χ3n) is 6.62. The van der Waals surface area contributed by atoms with Gasteiger partial charge < -0.3 is 15.4 Å². The fourth-order valence-corrected chi connectivity index (χ4v) is 5.58. The highest BCUT2D eigenvalue weighted by molar-refractivity contribution is 7.15. The molecule has 7 aromatic rings. The predicted molar refractivity (Wildman–Crippen MR) is 153 cm³/mol. The molecule has 1 unspecified atom stereocenters. The van der Waals surface area contributed by atoms with Gasteiger partial charge in [-0.1, -0.05) is 30.3 Å². The number of benzene rings is 1. The van der Waals surface area contributed by atoms with Crippen LogP contribution in [0.2, 0.25) is 0 Å². The van der Waals surface area contributed by atoms with Gasteiger partial charge in [-0.3, -0.25) is 10.1 Å². The van der Waals surface area contributed by atoms with E-state index in [0.717, 1.165) is 16.0 Å². The number of nitrogens with one attached hydrogen (secondary N) is 3. The molecule has 0 saturated carbocycles. The van der Waals surface area contributed by atoms with Crippen LogP contribution in [-0.4, -0.2) is 40.2 Å². The van der Waals surface area contributed by atoms with Crippen molar-refractivity contribution in [2.45, 2.75) is 13.2 Å². The number of imidazole rings is 1. The summed E-state index contributed by atoms with van der Waals surface area (Å²) in [5.74, 6) is -0.109. The van der Waals surface area contributed by atoms with Crippen molar-refractivity contribution in [2.75, 3.05) is 5.32 Å². The Morgan fingerprint density at radius 3 is 2.67 bits per heavy atom. The lowest BCUT2D eigenvalue weighted by Crippen LogP contribution is -2.09. The zero-order valence-corrected chi connectivity index (χ0v) is 21.9. The molecular weight excluding hydrogens is 527 g/mol. The van der Waals surface area contributed by atoms with E-state index in [1.165, 1.54) is 11.1 Å². The first kappa shape index (κ1) is 24.1. The number of H-pyrrole nitrogens is 2. The molecule has 1 atom stereocenters. The Kier molecular flexibility index (Phi) is 5.80. The zero-order chi connectivity index (χ0) is 27.2. The van der Waals surface area contributed by atoms with E-state index in [4.69, 9.17) is 0 Å². The molecule has 0 aliphatic carbocycles. The number of aliphatic hydroxyl groups is 1. The van der Waals surface area contributed by atoms with Gasteiger partial charge in [-0.2, -0.15) is 5.10 Å². The van der Waals surface area contributed by atoms with Crippen molar-refractivity contribution in [1.82, 2.24) is 35.1 Å². The van der Waals surface area contributed by atoms with Crippen LogP contribution in [-0.2, 0) is 0 Å². The molecular formula is C29H21FN8OS. The average Bonchev–Trinajstić information content (AvgIpc) is 3.72. The number of rotatable bonds is 6. The topological polar surface area (TPSA) is 128 Å². The molecule has 0 spiro atoms. The van der Waals surface area contributed by atoms with Gasteiger partial charge in [0.05, 0.1) is 22.8 Å². The minimum Gasteiger partial charge on any atom is -0.369 e. The fraction of sp³-hybridized carbons (Fsp3) is 0.0690. The molecule has 0 amide bonds. The monoisotopic (exact) mass is 548 g/mol. The molecule has 6 aromatic heterocycles. The van der Waals surface area contributed by atoms with E-state index < -0.39 is 12.0 Å². The van der Waals surface area contributed by atoms with Crippen LogP contribution in [0.15, 0.2) is 79.4 Å². The maximum atomic E-state index is 16.1. The Morgan fingerprint density at radius 1 is 0.975 bits per heavy atom. The molecule has 0 fully saturated rings. The lowest BCUT2D eigenvalue weighted by atomic mass is 10.1. The van der Waals surface area contributed by atoms with Gasteiger partial charge in [0.2, 0.25) is 0 Å². The second kappa shape index (κ2) is 9.63. The molecule has 0 aliphatic rings. The summed E-state index contributed by atoms with van der Waals surface area (Å²) in [4.78, 5) is 23.3. The van der Waals surface area contributed by atoms with Gasteiger partial charge in [-0.15, -0.1) is 11.3 Å². The number of thiophene rings is 1. The molecule has 7 rings (SSSR count). The fourth-order valence-electron chi connectivity index (χ4n) is 4.68. The Bertz CT molecular complexity index is 2000. The number of aliphatic hydroxyl groups excluding tert-OH is 1. The van der Waals surface area contributed by atoms with Gasteiger partial charge in [0.25, 0.3) is 0 Å². The van der Waals surface area contributed by atoms with Gasteiger partial charge >= 0.3 is 0 Å². The second-order valence-electron chi connectivity index (χ2n) is 9.26. The number of aryl methyl sites for hydroxylation is 1. The smallest absolute Gasteiger partial charge is 0.184 e. The normalized spacial score (nSPS) is 12.3. The summed E-state index contributed by atoms with van der Waals surface area (Å²) in [5.41, 5.74) is 4.80. The molecule has 6 heterocycles. The number of nitrogens with zero attached hydrogens (tertiary/aromatic N) is 5. The van der Waals surface area contributed by atoms with Crippen LogP contribution in [0, 0.1) is 12.7 Å². The highest BCUT2D eigenvalue weighted by Gasteiger charge is 2.21. The first-order chi connectivity index (χ1) is 19.5. The number of pyridine rings is 3. The summed E-state index contributed by atoms with van der Waals surface area (Å²) in [6, 6.07) is 17.0. The third-order valence-corrected chi connectivity index (χ3v) is 7.66. The summed E-state index contributed by atoms with van der Waals surface area (Å²) in [6.45, 7) is 2.06. The number of halogens is 1. The Balaban J connectivity index is 1.28. The molecule has 0 saturated heterocycles. The maximum Gasteiger partial charge on any atom is 0.184 e. The number of aromatic nitrogens is 7. The number of hydrogen-bond donors (Lipinski definition) is 4. The lowest BCUT2D eigenvalue weighted by molar-refractivity contribution is 0.208. The molecule has 11 heteroatoms. The Labute approximate surface area is 230 Å². The van der Waals surface area contributed by atoms with Crippen molar-refractivity contribution in [2.24, 2.45) is 0 Å². The van der Waals surface area contributed by atoms with E-state index in [2.05, 4.69) is 59.5 Å². The van der Waals surface area contributed by atoms with Crippen LogP contribution >= 0.6 is 11.3 Å². The third kappa shape index (κ3) is 4.17. The zero-order valence-electron chi connectivity index (χ0n) is 21.1. The molecule has 0 aliphatic heterocycles. The van der Waals surface area contributed by atoms with E-state index in [1.54, 1.807) is 36.0 Å². The van der Waals surface area contributed by atoms with E-state index in [0.29, 0.717) is 34.0 Å². The lowest BCUT2D eigenvalue weighted by Gasteiger charge is -2.15. The van der Waals surface area contributed by atoms with Crippen molar-refractivity contribution >= 4 is 39.2 Å². The minimum absolute atomic E-state index is 0.202. The highest BCUT2D eigenvalue weighted by Crippen LogP contribution is 2.36. The van der Waals surface area contributed by atoms with E-state index in [9.17, 15) is 5.11 Å². The quantitative estimate of drug-likeness (QED) is 0.181. The average molecular weight is 549 g/mol.